The number of nitrogens with two attached hydrogens (primary N) is 1. The van der Waals surface area contributed by atoms with E-state index >= 15 is 0 Å². The van der Waals surface area contributed by atoms with E-state index in [1.54, 1.807) is 0 Å². The Morgan fingerprint density at radius 3 is 2.84 bits per heavy atom. The average Bonchev–Trinajstić information content (AvgIpc) is 2.37. The minimum absolute atomic E-state index is 0.518. The van der Waals surface area contributed by atoms with Crippen molar-refractivity contribution in [1.29, 1.82) is 0 Å². The third-order valence-electron chi connectivity index (χ3n) is 2.66. The number of benzene rings is 1. The normalized spacial score (nSPS) is 10.5. The molecule has 19 heavy (non-hydrogen) atoms. The van der Waals surface area contributed by atoms with Gasteiger partial charge in [-0.05, 0) is 40.5 Å². The van der Waals surface area contributed by atoms with Crippen molar-refractivity contribution in [3.8, 4) is 0 Å². The maximum absolute atomic E-state index is 5.92. The van der Waals surface area contributed by atoms with Gasteiger partial charge in [-0.15, -0.1) is 0 Å². The molecule has 1 heterocycles. The van der Waals surface area contributed by atoms with E-state index in [1.165, 1.54) is 6.33 Å². The molecular weight excluding hydrogens is 328 g/mol. The highest BCUT2D eigenvalue weighted by Crippen LogP contribution is 2.30. The Kier molecular flexibility index (Phi) is 4.61. The fourth-order valence-corrected chi connectivity index (χ4v) is 2.53. The lowest BCUT2D eigenvalue weighted by molar-refractivity contribution is 0.908. The standard InChI is InChI=1S/C13H14BrClN4/c1-2-3-9-12(16)17-7-18-13(9)19-11-5-4-8(15)6-10(11)14/h4-7H,2-3H2,1H3,(H3,16,17,18,19). The SMILES string of the molecule is CCCc1c(N)ncnc1Nc1ccc(Cl)cc1Br. The van der Waals surface area contributed by atoms with Gasteiger partial charge in [0, 0.05) is 15.1 Å². The fraction of sp³-hybridized carbons (Fsp3) is 0.231. The van der Waals surface area contributed by atoms with Crippen LogP contribution in [0.5, 0.6) is 0 Å². The highest BCUT2D eigenvalue weighted by molar-refractivity contribution is 9.10. The summed E-state index contributed by atoms with van der Waals surface area (Å²) >= 11 is 9.39. The summed E-state index contributed by atoms with van der Waals surface area (Å²) in [5.74, 6) is 1.25. The number of hydrogen-bond donors (Lipinski definition) is 2. The number of nitrogens with one attached hydrogen (secondary N) is 1. The van der Waals surface area contributed by atoms with Gasteiger partial charge in [-0.25, -0.2) is 9.97 Å². The second-order valence-corrected chi connectivity index (χ2v) is 5.38. The van der Waals surface area contributed by atoms with Crippen molar-refractivity contribution in [2.75, 3.05) is 11.1 Å². The zero-order chi connectivity index (χ0) is 13.8. The van der Waals surface area contributed by atoms with E-state index in [0.717, 1.165) is 34.4 Å². The molecule has 0 aliphatic carbocycles. The second kappa shape index (κ2) is 6.21. The molecule has 6 heteroatoms. The van der Waals surface area contributed by atoms with Crippen molar-refractivity contribution < 1.29 is 0 Å². The molecule has 4 nitrogen and oxygen atoms in total. The van der Waals surface area contributed by atoms with E-state index < -0.39 is 0 Å². The lowest BCUT2D eigenvalue weighted by atomic mass is 10.1. The lowest BCUT2D eigenvalue weighted by Gasteiger charge is -2.13. The predicted molar refractivity (Wildman–Crippen MR) is 82.9 cm³/mol. The van der Waals surface area contributed by atoms with E-state index in [4.69, 9.17) is 17.3 Å². The van der Waals surface area contributed by atoms with E-state index in [0.29, 0.717) is 10.8 Å². The van der Waals surface area contributed by atoms with Crippen molar-refractivity contribution in [2.24, 2.45) is 0 Å². The van der Waals surface area contributed by atoms with Crippen LogP contribution in [-0.2, 0) is 6.42 Å². The maximum atomic E-state index is 5.92. The van der Waals surface area contributed by atoms with Crippen LogP contribution in [-0.4, -0.2) is 9.97 Å². The van der Waals surface area contributed by atoms with E-state index in [-0.39, 0.29) is 0 Å². The van der Waals surface area contributed by atoms with Crippen LogP contribution in [0, 0.1) is 0 Å². The van der Waals surface area contributed by atoms with Crippen molar-refractivity contribution in [1.82, 2.24) is 9.97 Å². The van der Waals surface area contributed by atoms with Crippen LogP contribution in [0.15, 0.2) is 29.0 Å². The van der Waals surface area contributed by atoms with Crippen LogP contribution in [0.3, 0.4) is 0 Å². The van der Waals surface area contributed by atoms with Gasteiger partial charge in [0.15, 0.2) is 0 Å². The molecule has 0 spiro atoms. The minimum Gasteiger partial charge on any atom is -0.383 e. The van der Waals surface area contributed by atoms with E-state index in [9.17, 15) is 0 Å². The molecule has 0 unspecified atom stereocenters. The van der Waals surface area contributed by atoms with Crippen LogP contribution in [0.4, 0.5) is 17.3 Å². The van der Waals surface area contributed by atoms with Crippen molar-refractivity contribution in [3.63, 3.8) is 0 Å². The molecule has 0 bridgehead atoms. The summed E-state index contributed by atoms with van der Waals surface area (Å²) in [6, 6.07) is 5.53. The number of aromatic nitrogens is 2. The van der Waals surface area contributed by atoms with Gasteiger partial charge in [-0.2, -0.15) is 0 Å². The first kappa shape index (κ1) is 14.1. The zero-order valence-electron chi connectivity index (χ0n) is 10.5. The molecule has 0 radical (unpaired) electrons. The van der Waals surface area contributed by atoms with E-state index in [1.807, 2.05) is 18.2 Å². The molecule has 0 saturated carbocycles. The molecule has 100 valence electrons. The summed E-state index contributed by atoms with van der Waals surface area (Å²) in [6.07, 6.45) is 3.27. The molecule has 1 aromatic carbocycles. The third kappa shape index (κ3) is 3.36. The van der Waals surface area contributed by atoms with Crippen molar-refractivity contribution in [3.05, 3.63) is 39.6 Å². The smallest absolute Gasteiger partial charge is 0.139 e. The summed E-state index contributed by atoms with van der Waals surface area (Å²) in [7, 11) is 0. The Hall–Kier alpha value is -1.33. The van der Waals surface area contributed by atoms with Gasteiger partial charge in [-0.3, -0.25) is 0 Å². The topological polar surface area (TPSA) is 63.8 Å². The number of halogens is 2. The number of nitrogens with zero attached hydrogens (tertiary/aromatic N) is 2. The van der Waals surface area contributed by atoms with E-state index in [2.05, 4.69) is 38.1 Å². The number of nitrogen functional groups attached to an aromatic ring is 1. The fourth-order valence-electron chi connectivity index (χ4n) is 1.75. The minimum atomic E-state index is 0.518. The van der Waals surface area contributed by atoms with Crippen LogP contribution in [0.1, 0.15) is 18.9 Å². The number of rotatable bonds is 4. The quantitative estimate of drug-likeness (QED) is 0.876. The Balaban J connectivity index is 2.35. The molecule has 0 amide bonds. The molecular formula is C13H14BrClN4. The van der Waals surface area contributed by atoms with Gasteiger partial charge in [0.2, 0.25) is 0 Å². The van der Waals surface area contributed by atoms with Gasteiger partial charge in [0.25, 0.3) is 0 Å². The van der Waals surface area contributed by atoms with Gasteiger partial charge < -0.3 is 11.1 Å². The molecule has 0 saturated heterocycles. The summed E-state index contributed by atoms with van der Waals surface area (Å²) < 4.78 is 0.875. The Labute approximate surface area is 125 Å². The third-order valence-corrected chi connectivity index (χ3v) is 3.55. The first-order valence-electron chi connectivity index (χ1n) is 5.93. The molecule has 2 aromatic rings. The Morgan fingerprint density at radius 2 is 2.16 bits per heavy atom. The average molecular weight is 342 g/mol. The predicted octanol–water partition coefficient (Wildman–Crippen LogP) is 4.17. The highest BCUT2D eigenvalue weighted by atomic mass is 79.9. The second-order valence-electron chi connectivity index (χ2n) is 4.09. The Bertz CT molecular complexity index is 589. The summed E-state index contributed by atoms with van der Waals surface area (Å²) in [5, 5.41) is 3.93. The molecule has 0 aliphatic heterocycles. The zero-order valence-corrected chi connectivity index (χ0v) is 12.8. The molecule has 2 rings (SSSR count). The maximum Gasteiger partial charge on any atom is 0.139 e. The van der Waals surface area contributed by atoms with Gasteiger partial charge in [0.05, 0.1) is 5.69 Å². The molecule has 0 aliphatic rings. The first-order chi connectivity index (χ1) is 9.11. The van der Waals surface area contributed by atoms with Crippen molar-refractivity contribution in [2.45, 2.75) is 19.8 Å². The summed E-state index contributed by atoms with van der Waals surface area (Å²) in [4.78, 5) is 8.29. The summed E-state index contributed by atoms with van der Waals surface area (Å²) in [6.45, 7) is 2.09. The summed E-state index contributed by atoms with van der Waals surface area (Å²) in [5.41, 5.74) is 7.72. The van der Waals surface area contributed by atoms with Gasteiger partial charge in [0.1, 0.15) is 18.0 Å². The molecule has 0 fully saturated rings. The number of anilines is 3. The van der Waals surface area contributed by atoms with Crippen molar-refractivity contribution >= 4 is 44.9 Å². The lowest BCUT2D eigenvalue weighted by Crippen LogP contribution is -2.05. The highest BCUT2D eigenvalue weighted by Gasteiger charge is 2.10. The molecule has 0 atom stereocenters. The van der Waals surface area contributed by atoms with Gasteiger partial charge >= 0.3 is 0 Å². The molecule has 3 N–H and O–H groups in total. The van der Waals surface area contributed by atoms with Crippen LogP contribution in [0.25, 0.3) is 0 Å². The van der Waals surface area contributed by atoms with Crippen LogP contribution in [0.2, 0.25) is 5.02 Å². The van der Waals surface area contributed by atoms with Crippen LogP contribution < -0.4 is 11.1 Å². The largest absolute Gasteiger partial charge is 0.383 e. The molecule has 1 aromatic heterocycles. The Morgan fingerprint density at radius 1 is 1.37 bits per heavy atom. The number of hydrogen-bond acceptors (Lipinski definition) is 4. The van der Waals surface area contributed by atoms with Crippen LogP contribution >= 0.6 is 27.5 Å². The monoisotopic (exact) mass is 340 g/mol. The van der Waals surface area contributed by atoms with Gasteiger partial charge in [-0.1, -0.05) is 24.9 Å². The first-order valence-corrected chi connectivity index (χ1v) is 7.10.